The van der Waals surface area contributed by atoms with E-state index in [1.165, 1.54) is 11.8 Å². The quantitative estimate of drug-likeness (QED) is 0.412. The topological polar surface area (TPSA) is 69.0 Å². The van der Waals surface area contributed by atoms with Gasteiger partial charge in [0.2, 0.25) is 0 Å². The highest BCUT2D eigenvalue weighted by atomic mass is 32.2. The normalized spacial score (nSPS) is 14.3. The van der Waals surface area contributed by atoms with Crippen molar-refractivity contribution in [2.75, 3.05) is 11.1 Å². The number of para-hydroxylation sites is 1. The van der Waals surface area contributed by atoms with E-state index in [1.54, 1.807) is 6.08 Å². The molecular formula is C19H24N4O2S. The molecule has 1 fully saturated rings. The Morgan fingerprint density at radius 3 is 2.81 bits per heavy atom. The SMILES string of the molecule is C=CCn1c(CNc2ccccc2)nnc1SCC(=O)OC1CCCC1. The van der Waals surface area contributed by atoms with E-state index in [4.69, 9.17) is 4.74 Å². The van der Waals surface area contributed by atoms with Gasteiger partial charge in [-0.25, -0.2) is 0 Å². The van der Waals surface area contributed by atoms with E-state index in [1.807, 2.05) is 34.9 Å². The maximum atomic E-state index is 12.0. The van der Waals surface area contributed by atoms with E-state index in [2.05, 4.69) is 22.1 Å². The minimum atomic E-state index is -0.181. The first kappa shape index (κ1) is 18.5. The zero-order chi connectivity index (χ0) is 18.2. The van der Waals surface area contributed by atoms with Gasteiger partial charge in [0.15, 0.2) is 11.0 Å². The fourth-order valence-electron chi connectivity index (χ4n) is 2.96. The molecule has 1 aliphatic carbocycles. The predicted molar refractivity (Wildman–Crippen MR) is 103 cm³/mol. The Morgan fingerprint density at radius 2 is 2.08 bits per heavy atom. The summed E-state index contributed by atoms with van der Waals surface area (Å²) in [4.78, 5) is 12.0. The minimum absolute atomic E-state index is 0.0970. The average molecular weight is 372 g/mol. The van der Waals surface area contributed by atoms with E-state index in [0.717, 1.165) is 37.2 Å². The first-order valence-electron chi connectivity index (χ1n) is 8.90. The van der Waals surface area contributed by atoms with Gasteiger partial charge >= 0.3 is 5.97 Å². The molecule has 0 aliphatic heterocycles. The summed E-state index contributed by atoms with van der Waals surface area (Å²) < 4.78 is 7.46. The number of rotatable bonds is 9. The molecule has 0 atom stereocenters. The van der Waals surface area contributed by atoms with Gasteiger partial charge < -0.3 is 14.6 Å². The fourth-order valence-corrected chi connectivity index (χ4v) is 3.71. The molecular weight excluding hydrogens is 348 g/mol. The van der Waals surface area contributed by atoms with Crippen molar-refractivity contribution in [3.05, 3.63) is 48.8 Å². The zero-order valence-electron chi connectivity index (χ0n) is 14.8. The molecule has 0 bridgehead atoms. The van der Waals surface area contributed by atoms with Gasteiger partial charge in [-0.2, -0.15) is 0 Å². The largest absolute Gasteiger partial charge is 0.462 e. The van der Waals surface area contributed by atoms with Crippen molar-refractivity contribution in [3.63, 3.8) is 0 Å². The summed E-state index contributed by atoms with van der Waals surface area (Å²) >= 11 is 1.36. The average Bonchev–Trinajstić information content (AvgIpc) is 3.30. The fraction of sp³-hybridized carbons (Fsp3) is 0.421. The number of ether oxygens (including phenoxy) is 1. The lowest BCUT2D eigenvalue weighted by atomic mass is 10.3. The molecule has 2 aromatic rings. The van der Waals surface area contributed by atoms with Crippen LogP contribution >= 0.6 is 11.8 Å². The second-order valence-corrected chi connectivity index (χ2v) is 7.15. The molecule has 1 N–H and O–H groups in total. The Hall–Kier alpha value is -2.28. The second-order valence-electron chi connectivity index (χ2n) is 6.20. The van der Waals surface area contributed by atoms with Crippen LogP contribution in [-0.2, 0) is 22.6 Å². The molecule has 1 aliphatic rings. The third kappa shape index (κ3) is 5.11. The van der Waals surface area contributed by atoms with Crippen LogP contribution in [0.25, 0.3) is 0 Å². The lowest BCUT2D eigenvalue weighted by Gasteiger charge is -2.11. The van der Waals surface area contributed by atoms with Gasteiger partial charge in [0.25, 0.3) is 0 Å². The van der Waals surface area contributed by atoms with E-state index in [0.29, 0.717) is 18.2 Å². The zero-order valence-corrected chi connectivity index (χ0v) is 15.6. The summed E-state index contributed by atoms with van der Waals surface area (Å²) in [6.45, 7) is 4.95. The van der Waals surface area contributed by atoms with Gasteiger partial charge in [0.05, 0.1) is 12.3 Å². The van der Waals surface area contributed by atoms with E-state index < -0.39 is 0 Å². The van der Waals surface area contributed by atoms with E-state index >= 15 is 0 Å². The molecule has 1 aromatic carbocycles. The summed E-state index contributed by atoms with van der Waals surface area (Å²) in [5.41, 5.74) is 1.02. The number of hydrogen-bond acceptors (Lipinski definition) is 6. The number of carbonyl (C=O) groups excluding carboxylic acids is 1. The lowest BCUT2D eigenvalue weighted by Crippen LogP contribution is -2.16. The molecule has 3 rings (SSSR count). The molecule has 1 heterocycles. The van der Waals surface area contributed by atoms with Crippen molar-refractivity contribution in [1.29, 1.82) is 0 Å². The van der Waals surface area contributed by atoms with Crippen LogP contribution in [0.1, 0.15) is 31.5 Å². The van der Waals surface area contributed by atoms with Crippen LogP contribution in [0, 0.1) is 0 Å². The van der Waals surface area contributed by atoms with Gasteiger partial charge in [-0.15, -0.1) is 16.8 Å². The Morgan fingerprint density at radius 1 is 1.31 bits per heavy atom. The molecule has 6 nitrogen and oxygen atoms in total. The van der Waals surface area contributed by atoms with Crippen LogP contribution in [0.2, 0.25) is 0 Å². The molecule has 0 unspecified atom stereocenters. The number of carbonyl (C=O) groups is 1. The standard InChI is InChI=1S/C19H24N4O2S/c1-2-12-23-17(13-20-15-8-4-3-5-9-15)21-22-19(23)26-14-18(24)25-16-10-6-7-11-16/h2-5,8-9,16,20H,1,6-7,10-14H2. The number of hydrogen-bond donors (Lipinski definition) is 1. The third-order valence-electron chi connectivity index (χ3n) is 4.25. The predicted octanol–water partition coefficient (Wildman–Crippen LogP) is 3.65. The second kappa shape index (κ2) is 9.43. The van der Waals surface area contributed by atoms with Crippen molar-refractivity contribution < 1.29 is 9.53 Å². The Bertz CT molecular complexity index is 726. The number of nitrogens with zero attached hydrogens (tertiary/aromatic N) is 3. The Balaban J connectivity index is 1.57. The Kier molecular flexibility index (Phi) is 6.71. The number of benzene rings is 1. The van der Waals surface area contributed by atoms with Gasteiger partial charge in [0, 0.05) is 12.2 Å². The summed E-state index contributed by atoms with van der Waals surface area (Å²) in [6.07, 6.45) is 6.17. The molecule has 138 valence electrons. The highest BCUT2D eigenvalue weighted by molar-refractivity contribution is 7.99. The van der Waals surface area contributed by atoms with Crippen molar-refractivity contribution in [2.24, 2.45) is 0 Å². The van der Waals surface area contributed by atoms with Gasteiger partial charge in [-0.1, -0.05) is 36.0 Å². The number of allylic oxidation sites excluding steroid dienone is 1. The van der Waals surface area contributed by atoms with Gasteiger partial charge in [-0.3, -0.25) is 4.79 Å². The van der Waals surface area contributed by atoms with Crippen LogP contribution in [0.4, 0.5) is 5.69 Å². The third-order valence-corrected chi connectivity index (χ3v) is 5.19. The molecule has 26 heavy (non-hydrogen) atoms. The number of nitrogens with one attached hydrogen (secondary N) is 1. The molecule has 0 saturated heterocycles. The molecule has 1 saturated carbocycles. The first-order chi connectivity index (χ1) is 12.8. The van der Waals surface area contributed by atoms with Crippen LogP contribution < -0.4 is 5.32 Å². The highest BCUT2D eigenvalue weighted by Crippen LogP contribution is 2.23. The van der Waals surface area contributed by atoms with Crippen molar-refractivity contribution in [3.8, 4) is 0 Å². The number of esters is 1. The van der Waals surface area contributed by atoms with Crippen molar-refractivity contribution >= 4 is 23.4 Å². The van der Waals surface area contributed by atoms with E-state index in [9.17, 15) is 4.79 Å². The first-order valence-corrected chi connectivity index (χ1v) is 9.89. The molecule has 0 radical (unpaired) electrons. The maximum absolute atomic E-state index is 12.0. The smallest absolute Gasteiger partial charge is 0.316 e. The Labute approximate surface area is 158 Å². The summed E-state index contributed by atoms with van der Waals surface area (Å²) in [5.74, 6) is 0.872. The number of aromatic nitrogens is 3. The number of thioether (sulfide) groups is 1. The van der Waals surface area contributed by atoms with Crippen molar-refractivity contribution in [2.45, 2.75) is 50.0 Å². The highest BCUT2D eigenvalue weighted by Gasteiger charge is 2.20. The van der Waals surface area contributed by atoms with Crippen molar-refractivity contribution in [1.82, 2.24) is 14.8 Å². The minimum Gasteiger partial charge on any atom is -0.462 e. The van der Waals surface area contributed by atoms with Crippen LogP contribution in [0.3, 0.4) is 0 Å². The monoisotopic (exact) mass is 372 g/mol. The van der Waals surface area contributed by atoms with Crippen LogP contribution in [0.15, 0.2) is 48.1 Å². The summed E-state index contributed by atoms with van der Waals surface area (Å²) in [7, 11) is 0. The summed E-state index contributed by atoms with van der Waals surface area (Å²) in [6, 6.07) is 9.94. The van der Waals surface area contributed by atoms with E-state index in [-0.39, 0.29) is 17.8 Å². The van der Waals surface area contributed by atoms with Crippen LogP contribution in [-0.4, -0.2) is 32.6 Å². The molecule has 1 aromatic heterocycles. The van der Waals surface area contributed by atoms with Crippen LogP contribution in [0.5, 0.6) is 0 Å². The molecule has 0 spiro atoms. The maximum Gasteiger partial charge on any atom is 0.316 e. The lowest BCUT2D eigenvalue weighted by molar-refractivity contribution is -0.145. The summed E-state index contributed by atoms with van der Waals surface area (Å²) in [5, 5.41) is 12.5. The number of anilines is 1. The van der Waals surface area contributed by atoms with Gasteiger partial charge in [-0.05, 0) is 37.8 Å². The molecule has 7 heteroatoms. The molecule has 0 amide bonds. The van der Waals surface area contributed by atoms with Gasteiger partial charge in [0.1, 0.15) is 6.10 Å².